The maximum atomic E-state index is 12.2. The fraction of sp³-hybridized carbons (Fsp3) is 0.133. The van der Waals surface area contributed by atoms with E-state index in [1.165, 1.54) is 0 Å². The van der Waals surface area contributed by atoms with E-state index in [0.717, 1.165) is 4.90 Å². The van der Waals surface area contributed by atoms with Crippen LogP contribution in [0.2, 0.25) is 5.02 Å². The Kier molecular flexibility index (Phi) is 4.45. The number of ketones is 1. The third-order valence-corrected chi connectivity index (χ3v) is 3.92. The van der Waals surface area contributed by atoms with Crippen LogP contribution in [-0.2, 0) is 0 Å². The molecule has 0 aliphatic rings. The highest BCUT2D eigenvalue weighted by Crippen LogP contribution is 2.25. The van der Waals surface area contributed by atoms with Crippen molar-refractivity contribution in [1.82, 2.24) is 0 Å². The summed E-state index contributed by atoms with van der Waals surface area (Å²) in [5.74, 6) is 0.125. The van der Waals surface area contributed by atoms with Crippen LogP contribution in [0.3, 0.4) is 0 Å². The van der Waals surface area contributed by atoms with Gasteiger partial charge in [-0.3, -0.25) is 4.79 Å². The molecule has 0 aromatic heterocycles. The topological polar surface area (TPSA) is 17.1 Å². The second-order valence-electron chi connectivity index (χ2n) is 3.94. The Morgan fingerprint density at radius 1 is 1.06 bits per heavy atom. The third kappa shape index (κ3) is 3.37. The van der Waals surface area contributed by atoms with Crippen LogP contribution in [0.4, 0.5) is 0 Å². The molecule has 2 rings (SSSR count). The van der Waals surface area contributed by atoms with Gasteiger partial charge in [-0.1, -0.05) is 29.8 Å². The van der Waals surface area contributed by atoms with Crippen LogP contribution < -0.4 is 0 Å². The Morgan fingerprint density at radius 3 is 2.28 bits per heavy atom. The van der Waals surface area contributed by atoms with Crippen LogP contribution in [0.1, 0.15) is 17.3 Å². The summed E-state index contributed by atoms with van der Waals surface area (Å²) in [6.07, 6.45) is 0. The van der Waals surface area contributed by atoms with Crippen LogP contribution in [0.5, 0.6) is 0 Å². The molecule has 0 fully saturated rings. The van der Waals surface area contributed by atoms with Crippen molar-refractivity contribution in [3.05, 3.63) is 65.2 Å². The number of thioether (sulfide) groups is 1. The molecule has 92 valence electrons. The lowest BCUT2D eigenvalue weighted by Gasteiger charge is -2.10. The monoisotopic (exact) mass is 276 g/mol. The van der Waals surface area contributed by atoms with Crippen molar-refractivity contribution in [3.63, 3.8) is 0 Å². The molecule has 0 radical (unpaired) electrons. The van der Waals surface area contributed by atoms with Crippen molar-refractivity contribution < 1.29 is 4.79 Å². The van der Waals surface area contributed by atoms with E-state index in [9.17, 15) is 4.79 Å². The molecular formula is C15H13ClOS. The zero-order valence-corrected chi connectivity index (χ0v) is 11.5. The molecule has 0 heterocycles. The Balaban J connectivity index is 2.07. The average Bonchev–Trinajstić information content (AvgIpc) is 2.40. The molecular weight excluding hydrogens is 264 g/mol. The third-order valence-electron chi connectivity index (χ3n) is 2.55. The highest BCUT2D eigenvalue weighted by molar-refractivity contribution is 8.00. The van der Waals surface area contributed by atoms with Crippen LogP contribution in [0.15, 0.2) is 59.5 Å². The first-order valence-electron chi connectivity index (χ1n) is 5.68. The number of Topliss-reactive ketones (excluding diaryl/α,β-unsaturated/α-hetero) is 1. The molecule has 0 bridgehead atoms. The fourth-order valence-corrected chi connectivity index (χ4v) is 2.70. The number of halogens is 1. The average molecular weight is 277 g/mol. The summed E-state index contributed by atoms with van der Waals surface area (Å²) in [5.41, 5.74) is 0.704. The van der Waals surface area contributed by atoms with Crippen molar-refractivity contribution >= 4 is 29.1 Å². The number of hydrogen-bond acceptors (Lipinski definition) is 2. The van der Waals surface area contributed by atoms with Crippen LogP contribution in [0, 0.1) is 0 Å². The number of carbonyl (C=O) groups excluding carboxylic acids is 1. The highest BCUT2D eigenvalue weighted by atomic mass is 35.5. The van der Waals surface area contributed by atoms with Gasteiger partial charge in [-0.25, -0.2) is 0 Å². The summed E-state index contributed by atoms with van der Waals surface area (Å²) in [4.78, 5) is 13.3. The molecule has 0 aliphatic carbocycles. The molecule has 1 atom stereocenters. The van der Waals surface area contributed by atoms with E-state index in [-0.39, 0.29) is 11.0 Å². The van der Waals surface area contributed by atoms with Gasteiger partial charge >= 0.3 is 0 Å². The second kappa shape index (κ2) is 6.07. The summed E-state index contributed by atoms with van der Waals surface area (Å²) < 4.78 is 0. The molecule has 2 aromatic carbocycles. The highest BCUT2D eigenvalue weighted by Gasteiger charge is 2.16. The van der Waals surface area contributed by atoms with E-state index in [0.29, 0.717) is 10.6 Å². The maximum Gasteiger partial charge on any atom is 0.175 e. The molecule has 3 heteroatoms. The first kappa shape index (κ1) is 13.2. The van der Waals surface area contributed by atoms with Crippen LogP contribution in [-0.4, -0.2) is 11.0 Å². The molecule has 0 N–H and O–H groups in total. The van der Waals surface area contributed by atoms with Crippen molar-refractivity contribution in [2.24, 2.45) is 0 Å². The summed E-state index contributed by atoms with van der Waals surface area (Å²) >= 11 is 7.38. The molecule has 0 aliphatic heterocycles. The number of rotatable bonds is 4. The Bertz CT molecular complexity index is 522. The molecule has 2 aromatic rings. The second-order valence-corrected chi connectivity index (χ2v) is 5.79. The van der Waals surface area contributed by atoms with Gasteiger partial charge in [-0.05, 0) is 43.3 Å². The number of benzene rings is 2. The Labute approximate surface area is 116 Å². The minimum atomic E-state index is -0.103. The smallest absolute Gasteiger partial charge is 0.175 e. The SMILES string of the molecule is C[C@H](Sc1ccccc1)C(=O)c1ccc(Cl)cc1. The van der Waals surface area contributed by atoms with Gasteiger partial charge in [0.1, 0.15) is 0 Å². The van der Waals surface area contributed by atoms with Gasteiger partial charge in [0.05, 0.1) is 5.25 Å². The van der Waals surface area contributed by atoms with Crippen molar-refractivity contribution in [2.45, 2.75) is 17.1 Å². The standard InChI is InChI=1S/C15H13ClOS/c1-11(18-14-5-3-2-4-6-14)15(17)12-7-9-13(16)10-8-12/h2-11H,1H3/t11-/m0/s1. The lowest BCUT2D eigenvalue weighted by atomic mass is 10.1. The van der Waals surface area contributed by atoms with E-state index >= 15 is 0 Å². The predicted molar refractivity (Wildman–Crippen MR) is 77.5 cm³/mol. The maximum absolute atomic E-state index is 12.2. The van der Waals surface area contributed by atoms with Gasteiger partial charge in [0.25, 0.3) is 0 Å². The number of hydrogen-bond donors (Lipinski definition) is 0. The van der Waals surface area contributed by atoms with E-state index in [4.69, 9.17) is 11.6 Å². The van der Waals surface area contributed by atoms with Crippen LogP contribution in [0.25, 0.3) is 0 Å². The molecule has 0 amide bonds. The Morgan fingerprint density at radius 2 is 1.67 bits per heavy atom. The molecule has 0 spiro atoms. The van der Waals surface area contributed by atoms with E-state index < -0.39 is 0 Å². The summed E-state index contributed by atoms with van der Waals surface area (Å²) in [6, 6.07) is 17.0. The lowest BCUT2D eigenvalue weighted by molar-refractivity contribution is 0.0994. The zero-order chi connectivity index (χ0) is 13.0. The summed E-state index contributed by atoms with van der Waals surface area (Å²) in [6.45, 7) is 1.93. The van der Waals surface area contributed by atoms with Crippen molar-refractivity contribution in [1.29, 1.82) is 0 Å². The molecule has 0 saturated heterocycles. The van der Waals surface area contributed by atoms with Gasteiger partial charge in [-0.2, -0.15) is 0 Å². The largest absolute Gasteiger partial charge is 0.293 e. The van der Waals surface area contributed by atoms with Gasteiger partial charge in [0.2, 0.25) is 0 Å². The lowest BCUT2D eigenvalue weighted by Crippen LogP contribution is -2.13. The quantitative estimate of drug-likeness (QED) is 0.594. The molecule has 0 unspecified atom stereocenters. The summed E-state index contributed by atoms with van der Waals surface area (Å²) in [7, 11) is 0. The molecule has 18 heavy (non-hydrogen) atoms. The summed E-state index contributed by atoms with van der Waals surface area (Å²) in [5, 5.41) is 0.545. The minimum Gasteiger partial charge on any atom is -0.293 e. The zero-order valence-electron chi connectivity index (χ0n) is 9.97. The van der Waals surface area contributed by atoms with E-state index in [1.807, 2.05) is 37.3 Å². The normalized spacial score (nSPS) is 12.1. The fourth-order valence-electron chi connectivity index (χ4n) is 1.61. The molecule has 1 nitrogen and oxygen atoms in total. The first-order valence-corrected chi connectivity index (χ1v) is 6.94. The van der Waals surface area contributed by atoms with Crippen molar-refractivity contribution in [2.75, 3.05) is 0 Å². The van der Waals surface area contributed by atoms with Crippen LogP contribution >= 0.6 is 23.4 Å². The number of carbonyl (C=O) groups is 1. The van der Waals surface area contributed by atoms with Crippen molar-refractivity contribution in [3.8, 4) is 0 Å². The Hall–Kier alpha value is -1.25. The van der Waals surface area contributed by atoms with Gasteiger partial charge in [0.15, 0.2) is 5.78 Å². The predicted octanol–water partition coefficient (Wildman–Crippen LogP) is 4.70. The van der Waals surface area contributed by atoms with Gasteiger partial charge in [-0.15, -0.1) is 11.8 Å². The van der Waals surface area contributed by atoms with Gasteiger partial charge in [0, 0.05) is 15.5 Å². The minimum absolute atomic E-state index is 0.103. The first-order chi connectivity index (χ1) is 8.66. The van der Waals surface area contributed by atoms with Gasteiger partial charge < -0.3 is 0 Å². The van der Waals surface area contributed by atoms with E-state index in [1.54, 1.807) is 36.0 Å². The van der Waals surface area contributed by atoms with E-state index in [2.05, 4.69) is 0 Å². The molecule has 0 saturated carbocycles.